The summed E-state index contributed by atoms with van der Waals surface area (Å²) in [6.07, 6.45) is 1.37. The largest absolute Gasteiger partial charge is 0.483 e. The molecule has 0 aliphatic carbocycles. The lowest BCUT2D eigenvalue weighted by Gasteiger charge is -2.31. The molecule has 0 aromatic heterocycles. The summed E-state index contributed by atoms with van der Waals surface area (Å²) < 4.78 is 5.96. The first-order valence-electron chi connectivity index (χ1n) is 11.5. The molecule has 0 fully saturated rings. The van der Waals surface area contributed by atoms with Gasteiger partial charge < -0.3 is 15.0 Å². The van der Waals surface area contributed by atoms with Gasteiger partial charge in [0.2, 0.25) is 5.91 Å². The van der Waals surface area contributed by atoms with Crippen molar-refractivity contribution in [3.63, 3.8) is 0 Å². The number of ether oxygens (including phenoxy) is 1. The van der Waals surface area contributed by atoms with Crippen LogP contribution in [0, 0.1) is 27.7 Å². The molecule has 0 bridgehead atoms. The van der Waals surface area contributed by atoms with E-state index in [0.717, 1.165) is 34.2 Å². The minimum Gasteiger partial charge on any atom is -0.483 e. The molecule has 1 N–H and O–H groups in total. The lowest BCUT2D eigenvalue weighted by atomic mass is 10.1. The van der Waals surface area contributed by atoms with Crippen molar-refractivity contribution in [2.24, 2.45) is 0 Å². The fourth-order valence-corrected chi connectivity index (χ4v) is 3.74. The van der Waals surface area contributed by atoms with Crippen molar-refractivity contribution >= 4 is 11.8 Å². The first kappa shape index (κ1) is 25.4. The van der Waals surface area contributed by atoms with Crippen LogP contribution in [0.25, 0.3) is 0 Å². The molecule has 2 rings (SSSR count). The highest BCUT2D eigenvalue weighted by Gasteiger charge is 2.29. The molecule has 174 valence electrons. The molecule has 2 aromatic rings. The summed E-state index contributed by atoms with van der Waals surface area (Å²) in [7, 11) is 0. The Bertz CT molecular complexity index is 938. The number of benzene rings is 2. The van der Waals surface area contributed by atoms with E-state index in [4.69, 9.17) is 4.74 Å². The standard InChI is InChI=1S/C27H38N2O3/c1-8-21(6)28-27(31)24(9-2)29(16-23-12-10-11-18(3)14-23)26(30)17-32-25-15-19(4)13-20(5)22(25)7/h10-15,21,24H,8-9,16-17H2,1-7H3,(H,28,31)/t21-,24+/m1/s1. The van der Waals surface area contributed by atoms with Crippen molar-refractivity contribution < 1.29 is 14.3 Å². The monoisotopic (exact) mass is 438 g/mol. The fraction of sp³-hybridized carbons (Fsp3) is 0.481. The zero-order valence-electron chi connectivity index (χ0n) is 20.6. The van der Waals surface area contributed by atoms with Crippen LogP contribution in [0.3, 0.4) is 0 Å². The Morgan fingerprint density at radius 1 is 1.00 bits per heavy atom. The number of aryl methyl sites for hydroxylation is 3. The number of carbonyl (C=O) groups is 2. The van der Waals surface area contributed by atoms with Crippen LogP contribution < -0.4 is 10.1 Å². The minimum absolute atomic E-state index is 0.0571. The molecule has 0 saturated heterocycles. The van der Waals surface area contributed by atoms with Crippen molar-refractivity contribution in [2.75, 3.05) is 6.61 Å². The zero-order chi connectivity index (χ0) is 23.8. The summed E-state index contributed by atoms with van der Waals surface area (Å²) >= 11 is 0. The van der Waals surface area contributed by atoms with Gasteiger partial charge in [-0.2, -0.15) is 0 Å². The third-order valence-electron chi connectivity index (χ3n) is 5.94. The second-order valence-corrected chi connectivity index (χ2v) is 8.75. The molecule has 2 amide bonds. The summed E-state index contributed by atoms with van der Waals surface area (Å²) in [5.74, 6) is 0.394. The Balaban J connectivity index is 2.27. The molecule has 0 aliphatic heterocycles. The van der Waals surface area contributed by atoms with Gasteiger partial charge in [0.25, 0.3) is 5.91 Å². The van der Waals surface area contributed by atoms with Crippen LogP contribution in [0.1, 0.15) is 61.4 Å². The highest BCUT2D eigenvalue weighted by molar-refractivity contribution is 5.88. The molecule has 5 heteroatoms. The Hall–Kier alpha value is -2.82. The van der Waals surface area contributed by atoms with E-state index >= 15 is 0 Å². The van der Waals surface area contributed by atoms with Crippen LogP contribution in [-0.2, 0) is 16.1 Å². The van der Waals surface area contributed by atoms with Crippen molar-refractivity contribution in [1.82, 2.24) is 10.2 Å². The molecule has 2 aromatic carbocycles. The topological polar surface area (TPSA) is 58.6 Å². The van der Waals surface area contributed by atoms with E-state index in [1.54, 1.807) is 4.90 Å². The molecule has 0 radical (unpaired) electrons. The van der Waals surface area contributed by atoms with Crippen LogP contribution >= 0.6 is 0 Å². The quantitative estimate of drug-likeness (QED) is 0.567. The van der Waals surface area contributed by atoms with Gasteiger partial charge in [-0.1, -0.05) is 49.7 Å². The maximum Gasteiger partial charge on any atom is 0.261 e. The van der Waals surface area contributed by atoms with E-state index in [1.807, 2.05) is 72.7 Å². The van der Waals surface area contributed by atoms with Gasteiger partial charge >= 0.3 is 0 Å². The minimum atomic E-state index is -0.555. The number of amides is 2. The van der Waals surface area contributed by atoms with E-state index in [2.05, 4.69) is 17.4 Å². The second kappa shape index (κ2) is 11.7. The number of hydrogen-bond acceptors (Lipinski definition) is 3. The van der Waals surface area contributed by atoms with Gasteiger partial charge in [-0.3, -0.25) is 9.59 Å². The van der Waals surface area contributed by atoms with Crippen LogP contribution in [0.4, 0.5) is 0 Å². The van der Waals surface area contributed by atoms with E-state index in [1.165, 1.54) is 0 Å². The molecule has 2 atom stereocenters. The predicted molar refractivity (Wildman–Crippen MR) is 130 cm³/mol. The first-order valence-corrected chi connectivity index (χ1v) is 11.5. The summed E-state index contributed by atoms with van der Waals surface area (Å²) in [5, 5.41) is 3.04. The summed E-state index contributed by atoms with van der Waals surface area (Å²) in [6, 6.07) is 11.6. The van der Waals surface area contributed by atoms with E-state index in [-0.39, 0.29) is 24.5 Å². The number of hydrogen-bond donors (Lipinski definition) is 1. The highest BCUT2D eigenvalue weighted by Crippen LogP contribution is 2.23. The lowest BCUT2D eigenvalue weighted by molar-refractivity contribution is -0.143. The summed E-state index contributed by atoms with van der Waals surface area (Å²) in [6.45, 7) is 14.3. The molecule has 0 heterocycles. The zero-order valence-corrected chi connectivity index (χ0v) is 20.6. The Morgan fingerprint density at radius 2 is 1.72 bits per heavy atom. The maximum absolute atomic E-state index is 13.4. The molecule has 32 heavy (non-hydrogen) atoms. The second-order valence-electron chi connectivity index (χ2n) is 8.75. The van der Waals surface area contributed by atoms with Crippen LogP contribution in [0.5, 0.6) is 5.75 Å². The Labute approximate surface area is 193 Å². The SMILES string of the molecule is CC[C@@H](C)NC(=O)[C@H](CC)N(Cc1cccc(C)c1)C(=O)COc1cc(C)cc(C)c1C. The van der Waals surface area contributed by atoms with Gasteiger partial charge in [-0.25, -0.2) is 0 Å². The van der Waals surface area contributed by atoms with Crippen LogP contribution in [0.15, 0.2) is 36.4 Å². The fourth-order valence-electron chi connectivity index (χ4n) is 3.74. The molecule has 0 spiro atoms. The maximum atomic E-state index is 13.4. The van der Waals surface area contributed by atoms with Crippen LogP contribution in [-0.4, -0.2) is 35.4 Å². The average molecular weight is 439 g/mol. The molecule has 0 aliphatic rings. The molecule has 5 nitrogen and oxygen atoms in total. The van der Waals surface area contributed by atoms with E-state index < -0.39 is 6.04 Å². The number of rotatable bonds is 10. The lowest BCUT2D eigenvalue weighted by Crippen LogP contribution is -2.51. The van der Waals surface area contributed by atoms with Crippen molar-refractivity contribution in [3.8, 4) is 5.75 Å². The third-order valence-corrected chi connectivity index (χ3v) is 5.94. The van der Waals surface area contributed by atoms with Gasteiger partial charge in [-0.05, 0) is 75.8 Å². The summed E-state index contributed by atoms with van der Waals surface area (Å²) in [4.78, 5) is 28.0. The van der Waals surface area contributed by atoms with Crippen molar-refractivity contribution in [1.29, 1.82) is 0 Å². The normalized spacial score (nSPS) is 12.7. The van der Waals surface area contributed by atoms with Gasteiger partial charge in [-0.15, -0.1) is 0 Å². The number of nitrogens with one attached hydrogen (secondary N) is 1. The third kappa shape index (κ3) is 6.84. The summed E-state index contributed by atoms with van der Waals surface area (Å²) in [5.41, 5.74) is 5.36. The van der Waals surface area contributed by atoms with E-state index in [9.17, 15) is 9.59 Å². The number of carbonyl (C=O) groups excluding carboxylic acids is 2. The smallest absolute Gasteiger partial charge is 0.261 e. The first-order chi connectivity index (χ1) is 15.2. The Kier molecular flexibility index (Phi) is 9.30. The van der Waals surface area contributed by atoms with Crippen molar-refractivity contribution in [2.45, 2.75) is 79.9 Å². The van der Waals surface area contributed by atoms with Gasteiger partial charge in [0.15, 0.2) is 6.61 Å². The predicted octanol–water partition coefficient (Wildman–Crippen LogP) is 5.02. The van der Waals surface area contributed by atoms with Crippen molar-refractivity contribution in [3.05, 3.63) is 64.2 Å². The highest BCUT2D eigenvalue weighted by atomic mass is 16.5. The van der Waals surface area contributed by atoms with Crippen LogP contribution in [0.2, 0.25) is 0 Å². The van der Waals surface area contributed by atoms with E-state index in [0.29, 0.717) is 18.7 Å². The van der Waals surface area contributed by atoms with Gasteiger partial charge in [0, 0.05) is 12.6 Å². The van der Waals surface area contributed by atoms with Gasteiger partial charge in [0.1, 0.15) is 11.8 Å². The van der Waals surface area contributed by atoms with Gasteiger partial charge in [0.05, 0.1) is 0 Å². The molecule has 0 saturated carbocycles. The number of nitrogens with zero attached hydrogens (tertiary/aromatic N) is 1. The average Bonchev–Trinajstić information content (AvgIpc) is 2.74. The molecule has 0 unspecified atom stereocenters. The molecular weight excluding hydrogens is 400 g/mol. The Morgan fingerprint density at radius 3 is 2.34 bits per heavy atom. The molecular formula is C27H38N2O3.